The van der Waals surface area contributed by atoms with Crippen molar-refractivity contribution < 1.29 is 19.0 Å². The third-order valence-corrected chi connectivity index (χ3v) is 11.5. The number of morpholine rings is 2. The SMILES string of the molecule is CC(C)(C)CCN1CCOCC1.CC(C)(C)N1CCOCC1.CC(C)(C)NCC1(C#N)CC1.CN(C)C(=O)CN1CCN(CC(C)(C)C)CC1.CN(C1COC1)C(C)(C)C. The zero-order valence-electron chi connectivity index (χ0n) is 42.7. The Morgan fingerprint density at radius 2 is 1.17 bits per heavy atom. The number of carbonyl (C=O) groups excluding carboxylic acids is 1. The number of rotatable bonds is 8. The summed E-state index contributed by atoms with van der Waals surface area (Å²) in [5.74, 6) is 0.203. The summed E-state index contributed by atoms with van der Waals surface area (Å²) in [4.78, 5) is 25.3. The number of ether oxygens (including phenoxy) is 3. The molecule has 1 saturated carbocycles. The third-order valence-electron chi connectivity index (χ3n) is 11.5. The van der Waals surface area contributed by atoms with Gasteiger partial charge < -0.3 is 29.3 Å². The summed E-state index contributed by atoms with van der Waals surface area (Å²) in [5, 5.41) is 12.1. The van der Waals surface area contributed by atoms with Gasteiger partial charge in [0, 0.05) is 96.2 Å². The Kier molecular flexibility index (Phi) is 24.3. The molecule has 0 atom stereocenters. The van der Waals surface area contributed by atoms with Crippen LogP contribution in [0.1, 0.15) is 123 Å². The molecule has 0 aromatic rings. The first-order chi connectivity index (χ1) is 27.5. The number of likely N-dealkylation sites (N-methyl/N-ethyl adjacent to an activating group) is 2. The molecule has 0 unspecified atom stereocenters. The van der Waals surface area contributed by atoms with Gasteiger partial charge in [0.05, 0.1) is 63.7 Å². The van der Waals surface area contributed by atoms with E-state index >= 15 is 0 Å². The van der Waals surface area contributed by atoms with E-state index in [2.05, 4.69) is 147 Å². The third kappa shape index (κ3) is 26.9. The average molecular weight is 851 g/mol. The number of nitrogens with zero attached hydrogens (tertiary/aromatic N) is 7. The maximum atomic E-state index is 11.6. The first-order valence-electron chi connectivity index (χ1n) is 23.2. The molecule has 12 nitrogen and oxygen atoms in total. The zero-order valence-corrected chi connectivity index (χ0v) is 42.7. The van der Waals surface area contributed by atoms with E-state index in [1.807, 2.05) is 14.1 Å². The number of amides is 1. The zero-order chi connectivity index (χ0) is 46.0. The second-order valence-electron chi connectivity index (χ2n) is 23.4. The van der Waals surface area contributed by atoms with E-state index in [4.69, 9.17) is 19.5 Å². The van der Waals surface area contributed by atoms with Gasteiger partial charge >= 0.3 is 0 Å². The summed E-state index contributed by atoms with van der Waals surface area (Å²) >= 11 is 0. The van der Waals surface area contributed by atoms with Crippen LogP contribution in [-0.4, -0.2) is 197 Å². The molecule has 1 amide bonds. The molecular weight excluding hydrogens is 753 g/mol. The Morgan fingerprint density at radius 3 is 1.48 bits per heavy atom. The van der Waals surface area contributed by atoms with Crippen molar-refractivity contribution in [1.29, 1.82) is 5.26 Å². The number of piperazine rings is 1. The van der Waals surface area contributed by atoms with E-state index in [0.717, 1.165) is 118 Å². The molecule has 0 aromatic heterocycles. The van der Waals surface area contributed by atoms with Gasteiger partial charge in [0.1, 0.15) is 0 Å². The van der Waals surface area contributed by atoms with E-state index in [0.29, 0.717) is 29.0 Å². The van der Waals surface area contributed by atoms with Gasteiger partial charge in [0.15, 0.2) is 0 Å². The highest BCUT2D eigenvalue weighted by atomic mass is 16.5. The van der Waals surface area contributed by atoms with E-state index in [1.54, 1.807) is 4.90 Å². The number of nitriles is 1. The van der Waals surface area contributed by atoms with Crippen LogP contribution in [-0.2, 0) is 19.0 Å². The quantitative estimate of drug-likeness (QED) is 0.294. The van der Waals surface area contributed by atoms with Crippen LogP contribution >= 0.6 is 0 Å². The summed E-state index contributed by atoms with van der Waals surface area (Å²) in [6.07, 6.45) is 3.44. The molecule has 1 aliphatic carbocycles. The monoisotopic (exact) mass is 851 g/mol. The second-order valence-corrected chi connectivity index (χ2v) is 23.4. The fourth-order valence-electron chi connectivity index (χ4n) is 6.57. The largest absolute Gasteiger partial charge is 0.379 e. The Hall–Kier alpha value is -1.40. The van der Waals surface area contributed by atoms with Crippen molar-refractivity contribution in [3.63, 3.8) is 0 Å². The predicted molar refractivity (Wildman–Crippen MR) is 252 cm³/mol. The van der Waals surface area contributed by atoms with Crippen LogP contribution in [0.3, 0.4) is 0 Å². The highest BCUT2D eigenvalue weighted by molar-refractivity contribution is 5.77. The van der Waals surface area contributed by atoms with Crippen LogP contribution in [0.25, 0.3) is 0 Å². The minimum Gasteiger partial charge on any atom is -0.379 e. The van der Waals surface area contributed by atoms with Crippen LogP contribution in [0.15, 0.2) is 0 Å². The molecule has 1 N–H and O–H groups in total. The Labute approximate surface area is 371 Å². The smallest absolute Gasteiger partial charge is 0.236 e. The number of hydrogen-bond donors (Lipinski definition) is 1. The van der Waals surface area contributed by atoms with Crippen molar-refractivity contribution >= 4 is 5.91 Å². The molecule has 4 saturated heterocycles. The highest BCUT2D eigenvalue weighted by Gasteiger charge is 2.43. The number of carbonyl (C=O) groups is 1. The molecule has 0 bridgehead atoms. The van der Waals surface area contributed by atoms with E-state index in [-0.39, 0.29) is 22.4 Å². The molecule has 5 aliphatic rings. The number of nitrogens with one attached hydrogen (secondary N) is 1. The fourth-order valence-corrected chi connectivity index (χ4v) is 6.57. The number of hydrogen-bond acceptors (Lipinski definition) is 11. The van der Waals surface area contributed by atoms with Gasteiger partial charge in [-0.05, 0) is 106 Å². The Morgan fingerprint density at radius 1 is 0.683 bits per heavy atom. The first-order valence-corrected chi connectivity index (χ1v) is 23.2. The van der Waals surface area contributed by atoms with E-state index < -0.39 is 0 Å². The van der Waals surface area contributed by atoms with Crippen molar-refractivity contribution in [2.24, 2.45) is 16.2 Å². The maximum Gasteiger partial charge on any atom is 0.236 e. The van der Waals surface area contributed by atoms with E-state index in [1.165, 1.54) is 13.0 Å². The Balaban J connectivity index is 0.000000381. The normalized spacial score (nSPS) is 21.0. The fraction of sp³-hybridized carbons (Fsp3) is 0.958. The van der Waals surface area contributed by atoms with Gasteiger partial charge in [0.25, 0.3) is 0 Å². The molecule has 0 spiro atoms. The van der Waals surface area contributed by atoms with Gasteiger partial charge in [-0.25, -0.2) is 0 Å². The van der Waals surface area contributed by atoms with Crippen LogP contribution in [0.4, 0.5) is 0 Å². The molecule has 4 heterocycles. The molecular formula is C48H98N8O4. The van der Waals surface area contributed by atoms with Crippen molar-refractivity contribution in [1.82, 2.24) is 34.7 Å². The first kappa shape index (κ1) is 56.6. The average Bonchev–Trinajstić information content (AvgIpc) is 3.91. The minimum atomic E-state index is -0.00667. The predicted octanol–water partition coefficient (Wildman–Crippen LogP) is 6.40. The molecule has 5 rings (SSSR count). The molecule has 60 heavy (non-hydrogen) atoms. The van der Waals surface area contributed by atoms with Crippen LogP contribution < -0.4 is 5.32 Å². The van der Waals surface area contributed by atoms with Crippen LogP contribution in [0.2, 0.25) is 0 Å². The molecule has 4 aliphatic heterocycles. The van der Waals surface area contributed by atoms with Crippen molar-refractivity contribution in [2.45, 2.75) is 146 Å². The maximum absolute atomic E-state index is 11.6. The van der Waals surface area contributed by atoms with Crippen LogP contribution in [0, 0.1) is 27.6 Å². The van der Waals surface area contributed by atoms with Crippen molar-refractivity contribution in [3.8, 4) is 6.07 Å². The van der Waals surface area contributed by atoms with Crippen molar-refractivity contribution in [3.05, 3.63) is 0 Å². The summed E-state index contributed by atoms with van der Waals surface area (Å²) in [5.41, 5.74) is 1.58. The summed E-state index contributed by atoms with van der Waals surface area (Å²) in [6, 6.07) is 3.02. The molecule has 12 heteroatoms. The summed E-state index contributed by atoms with van der Waals surface area (Å²) in [7, 11) is 5.80. The lowest BCUT2D eigenvalue weighted by molar-refractivity contribution is -0.130. The van der Waals surface area contributed by atoms with Gasteiger partial charge in [-0.3, -0.25) is 24.4 Å². The Bertz CT molecular complexity index is 1180. The summed E-state index contributed by atoms with van der Waals surface area (Å²) < 4.78 is 15.7. The second kappa shape index (κ2) is 25.8. The summed E-state index contributed by atoms with van der Waals surface area (Å²) in [6.45, 7) is 51.4. The topological polar surface area (TPSA) is 100 Å². The molecule has 5 fully saturated rings. The van der Waals surface area contributed by atoms with Crippen molar-refractivity contribution in [2.75, 3.05) is 139 Å². The van der Waals surface area contributed by atoms with Gasteiger partial charge in [-0.2, -0.15) is 5.26 Å². The minimum absolute atomic E-state index is 0.00667. The highest BCUT2D eigenvalue weighted by Crippen LogP contribution is 2.44. The van der Waals surface area contributed by atoms with Gasteiger partial charge in [-0.1, -0.05) is 41.5 Å². The lowest BCUT2D eigenvalue weighted by Crippen LogP contribution is -2.54. The van der Waals surface area contributed by atoms with Crippen LogP contribution in [0.5, 0.6) is 0 Å². The van der Waals surface area contributed by atoms with E-state index in [9.17, 15) is 4.79 Å². The molecule has 0 radical (unpaired) electrons. The van der Waals surface area contributed by atoms with Gasteiger partial charge in [0.2, 0.25) is 5.91 Å². The lowest BCUT2D eigenvalue weighted by atomic mass is 9.92. The molecule has 354 valence electrons. The standard InChI is InChI=1S/C13H27N3O.C10H21NO.C9H16N2.2C8H17NO/c1-13(2,3)11-16-8-6-15(7-9-16)10-12(17)14(4)5;1-10(2,3)4-5-11-6-8-12-9-7-11;1-8(2,3)11-7-9(6-10)4-5-9;1-8(2,3)9(4)7-5-10-6-7;1-8(2,3)9-4-6-10-7-5-9/h6-11H2,1-5H3;4-9H2,1-3H3;11H,4-5,7H2,1-3H3;7H,5-6H2,1-4H3;4-7H2,1-3H3. The van der Waals surface area contributed by atoms with Gasteiger partial charge in [-0.15, -0.1) is 0 Å². The molecule has 0 aromatic carbocycles. The lowest BCUT2D eigenvalue weighted by Gasteiger charge is -2.42.